The van der Waals surface area contributed by atoms with E-state index in [0.717, 1.165) is 33.8 Å². The molecule has 0 saturated carbocycles. The molecule has 3 heteroatoms. The van der Waals surface area contributed by atoms with Gasteiger partial charge < -0.3 is 0 Å². The zero-order valence-corrected chi connectivity index (χ0v) is 19.7. The average Bonchev–Trinajstić information content (AvgIpc) is 2.68. The molecule has 0 atom stereocenters. The maximum Gasteiger partial charge on any atom is 0.186 e. The fourth-order valence-electron chi connectivity index (χ4n) is 3.37. The summed E-state index contributed by atoms with van der Waals surface area (Å²) < 4.78 is 0. The Hall–Kier alpha value is -3.07. The molecular formula is C28H32N2O. The number of carbonyl (C=O) groups is 1. The van der Waals surface area contributed by atoms with E-state index in [9.17, 15) is 4.79 Å². The van der Waals surface area contributed by atoms with Gasteiger partial charge >= 0.3 is 0 Å². The molecule has 0 saturated heterocycles. The number of aliphatic imine (C=N–C) groups is 2. The van der Waals surface area contributed by atoms with Gasteiger partial charge in [0.25, 0.3) is 0 Å². The second kappa shape index (κ2) is 8.58. The number of hydrogen-bond acceptors (Lipinski definition) is 3. The van der Waals surface area contributed by atoms with E-state index in [1.54, 1.807) is 0 Å². The number of carbonyl (C=O) groups excluding carboxylic acids is 1. The van der Waals surface area contributed by atoms with Crippen LogP contribution in [0.4, 0.5) is 5.69 Å². The van der Waals surface area contributed by atoms with Crippen LogP contribution in [0.15, 0.2) is 93.6 Å². The van der Waals surface area contributed by atoms with Crippen LogP contribution >= 0.6 is 0 Å². The number of allylic oxidation sites excluding steroid dienone is 9. The van der Waals surface area contributed by atoms with Crippen LogP contribution in [-0.4, -0.2) is 17.2 Å². The highest BCUT2D eigenvalue weighted by molar-refractivity contribution is 6.19. The van der Waals surface area contributed by atoms with Crippen molar-refractivity contribution in [3.8, 4) is 0 Å². The minimum atomic E-state index is -0.222. The summed E-state index contributed by atoms with van der Waals surface area (Å²) in [7, 11) is 0. The van der Waals surface area contributed by atoms with E-state index < -0.39 is 0 Å². The van der Waals surface area contributed by atoms with Gasteiger partial charge in [0.15, 0.2) is 5.78 Å². The lowest BCUT2D eigenvalue weighted by atomic mass is 9.72. The van der Waals surface area contributed by atoms with Crippen molar-refractivity contribution in [2.24, 2.45) is 20.8 Å². The molecule has 31 heavy (non-hydrogen) atoms. The summed E-state index contributed by atoms with van der Waals surface area (Å²) in [5, 5.41) is 0. The third-order valence-corrected chi connectivity index (χ3v) is 5.23. The van der Waals surface area contributed by atoms with Gasteiger partial charge in [0.1, 0.15) is 0 Å². The summed E-state index contributed by atoms with van der Waals surface area (Å²) in [6, 6.07) is 8.14. The minimum Gasteiger partial charge on any atom is -0.289 e. The van der Waals surface area contributed by atoms with Gasteiger partial charge in [-0.25, -0.2) is 4.99 Å². The molecule has 1 aromatic carbocycles. The van der Waals surface area contributed by atoms with Crippen LogP contribution in [0.25, 0.3) is 0 Å². The van der Waals surface area contributed by atoms with Crippen molar-refractivity contribution < 1.29 is 4.79 Å². The van der Waals surface area contributed by atoms with Crippen LogP contribution in [0.5, 0.6) is 0 Å². The van der Waals surface area contributed by atoms with Gasteiger partial charge in [0.05, 0.1) is 17.1 Å². The van der Waals surface area contributed by atoms with Gasteiger partial charge in [-0.05, 0) is 71.9 Å². The van der Waals surface area contributed by atoms with E-state index in [4.69, 9.17) is 0 Å². The van der Waals surface area contributed by atoms with Crippen LogP contribution < -0.4 is 0 Å². The van der Waals surface area contributed by atoms with E-state index >= 15 is 0 Å². The number of benzene rings is 1. The van der Waals surface area contributed by atoms with Gasteiger partial charge in [0.2, 0.25) is 0 Å². The van der Waals surface area contributed by atoms with Crippen molar-refractivity contribution in [3.63, 3.8) is 0 Å². The van der Waals surface area contributed by atoms with Gasteiger partial charge in [-0.3, -0.25) is 9.79 Å². The van der Waals surface area contributed by atoms with E-state index in [-0.39, 0.29) is 16.6 Å². The fraction of sp³-hybridized carbons (Fsp3) is 0.321. The van der Waals surface area contributed by atoms with Crippen LogP contribution in [-0.2, 0) is 4.79 Å². The first-order chi connectivity index (χ1) is 14.4. The Labute approximate surface area is 186 Å². The predicted molar refractivity (Wildman–Crippen MR) is 132 cm³/mol. The molecule has 0 aliphatic heterocycles. The number of Topliss-reactive ketones (excluding diaryl/α,β-unsaturated/α-hetero) is 1. The molecule has 0 fully saturated rings. The zero-order valence-electron chi connectivity index (χ0n) is 19.7. The molecule has 2 aliphatic carbocycles. The third-order valence-electron chi connectivity index (χ3n) is 5.23. The normalized spacial score (nSPS) is 16.9. The summed E-state index contributed by atoms with van der Waals surface area (Å²) in [6.07, 6.45) is 13.6. The van der Waals surface area contributed by atoms with Gasteiger partial charge in [-0.1, -0.05) is 59.2 Å². The molecule has 0 bridgehead atoms. The highest BCUT2D eigenvalue weighted by Crippen LogP contribution is 2.38. The largest absolute Gasteiger partial charge is 0.289 e. The smallest absolute Gasteiger partial charge is 0.186 e. The van der Waals surface area contributed by atoms with E-state index in [2.05, 4.69) is 70.6 Å². The molecule has 1 aromatic rings. The molecule has 3 rings (SSSR count). The SMILES string of the molecule is Cc1ccc(N=C2C=CC(=NC=C3C=C(C(C)(C)C)C(=O)C(C(C)(C)C)=C3)C=C2)cc1. The molecule has 0 N–H and O–H groups in total. The first-order valence-corrected chi connectivity index (χ1v) is 10.7. The Bertz CT molecular complexity index is 1030. The summed E-state index contributed by atoms with van der Waals surface area (Å²) in [6.45, 7) is 14.5. The monoisotopic (exact) mass is 412 g/mol. The van der Waals surface area contributed by atoms with E-state index in [1.165, 1.54) is 5.56 Å². The lowest BCUT2D eigenvalue weighted by molar-refractivity contribution is -0.114. The lowest BCUT2D eigenvalue weighted by Gasteiger charge is -2.31. The van der Waals surface area contributed by atoms with Crippen LogP contribution in [0.1, 0.15) is 47.1 Å². The highest BCUT2D eigenvalue weighted by Gasteiger charge is 2.33. The van der Waals surface area contributed by atoms with Crippen molar-refractivity contribution in [1.29, 1.82) is 0 Å². The molecule has 2 aliphatic rings. The average molecular weight is 413 g/mol. The standard InChI is InChI=1S/C28H32N2O/c1-19-8-10-22(11-9-19)30-23-14-12-21(13-15-23)29-18-20-16-24(27(2,3)4)26(31)25(17-20)28(5,6)7/h8-18H,1-7H3. The Kier molecular flexibility index (Phi) is 6.26. The zero-order chi connectivity index (χ0) is 22.8. The maximum absolute atomic E-state index is 13.0. The Morgan fingerprint density at radius 2 is 1.23 bits per heavy atom. The summed E-state index contributed by atoms with van der Waals surface area (Å²) >= 11 is 0. The topological polar surface area (TPSA) is 41.8 Å². The summed E-state index contributed by atoms with van der Waals surface area (Å²) in [4.78, 5) is 22.3. The first-order valence-electron chi connectivity index (χ1n) is 10.7. The Morgan fingerprint density at radius 3 is 1.71 bits per heavy atom. The molecule has 3 nitrogen and oxygen atoms in total. The van der Waals surface area contributed by atoms with Crippen LogP contribution in [0, 0.1) is 17.8 Å². The highest BCUT2D eigenvalue weighted by atomic mass is 16.1. The van der Waals surface area contributed by atoms with Gasteiger partial charge in [-0.15, -0.1) is 0 Å². The molecule has 0 heterocycles. The second-order valence-electron chi connectivity index (χ2n) is 10.2. The Balaban J connectivity index is 1.86. The summed E-state index contributed by atoms with van der Waals surface area (Å²) in [5.41, 5.74) is 6.05. The van der Waals surface area contributed by atoms with E-state index in [1.807, 2.05) is 54.8 Å². The Morgan fingerprint density at radius 1 is 0.742 bits per heavy atom. The molecular weight excluding hydrogens is 380 g/mol. The van der Waals surface area contributed by atoms with Crippen LogP contribution in [0.3, 0.4) is 0 Å². The molecule has 0 aromatic heterocycles. The van der Waals surface area contributed by atoms with Crippen molar-refractivity contribution in [1.82, 2.24) is 0 Å². The van der Waals surface area contributed by atoms with Crippen molar-refractivity contribution >= 4 is 22.9 Å². The second-order valence-corrected chi connectivity index (χ2v) is 10.2. The van der Waals surface area contributed by atoms with Crippen molar-refractivity contribution in [2.75, 3.05) is 0 Å². The fourth-order valence-corrected chi connectivity index (χ4v) is 3.37. The number of nitrogens with zero attached hydrogens (tertiary/aromatic N) is 2. The first kappa shape index (κ1) is 22.6. The van der Waals surface area contributed by atoms with E-state index in [0.29, 0.717) is 0 Å². The third kappa shape index (κ3) is 5.75. The molecule has 0 radical (unpaired) electrons. The molecule has 0 unspecified atom stereocenters. The summed E-state index contributed by atoms with van der Waals surface area (Å²) in [5.74, 6) is 0.138. The predicted octanol–water partition coefficient (Wildman–Crippen LogP) is 7.05. The number of rotatable bonds is 2. The molecule has 0 amide bonds. The van der Waals surface area contributed by atoms with Crippen molar-refractivity contribution in [3.05, 3.63) is 89.2 Å². The molecule has 160 valence electrons. The minimum absolute atomic E-state index is 0.138. The van der Waals surface area contributed by atoms with Gasteiger partial charge in [0, 0.05) is 17.3 Å². The van der Waals surface area contributed by atoms with Crippen LogP contribution in [0.2, 0.25) is 0 Å². The number of ketones is 1. The molecule has 0 spiro atoms. The van der Waals surface area contributed by atoms with Gasteiger partial charge in [-0.2, -0.15) is 0 Å². The lowest BCUT2D eigenvalue weighted by Crippen LogP contribution is -2.27. The maximum atomic E-state index is 13.0. The number of hydrogen-bond donors (Lipinski definition) is 0. The number of aryl methyl sites for hydroxylation is 1. The quantitative estimate of drug-likeness (QED) is 0.480. The van der Waals surface area contributed by atoms with Crippen molar-refractivity contribution in [2.45, 2.75) is 48.5 Å².